The summed E-state index contributed by atoms with van der Waals surface area (Å²) in [5.41, 5.74) is 11.5. The maximum atomic E-state index is 6.08. The summed E-state index contributed by atoms with van der Waals surface area (Å²) in [5.74, 6) is 2.04. The minimum Gasteiger partial charge on any atom is -0.399 e. The van der Waals surface area contributed by atoms with E-state index < -0.39 is 0 Å². The Kier molecular flexibility index (Phi) is 4.65. The van der Waals surface area contributed by atoms with Crippen LogP contribution in [0.5, 0.6) is 0 Å². The molecule has 0 bridgehead atoms. The van der Waals surface area contributed by atoms with Crippen LogP contribution < -0.4 is 16.0 Å². The van der Waals surface area contributed by atoms with Gasteiger partial charge >= 0.3 is 0 Å². The van der Waals surface area contributed by atoms with E-state index in [0.29, 0.717) is 11.9 Å². The van der Waals surface area contributed by atoms with E-state index >= 15 is 0 Å². The molecule has 0 radical (unpaired) electrons. The highest BCUT2D eigenvalue weighted by Gasteiger charge is 2.31. The van der Waals surface area contributed by atoms with Crippen molar-refractivity contribution in [1.82, 2.24) is 19.5 Å². The van der Waals surface area contributed by atoms with Crippen LogP contribution in [0.2, 0.25) is 0 Å². The van der Waals surface area contributed by atoms with Crippen LogP contribution in [0.3, 0.4) is 0 Å². The number of nitrogens with one attached hydrogen (secondary N) is 1. The number of benzene rings is 2. The summed E-state index contributed by atoms with van der Waals surface area (Å²) >= 11 is 0. The number of rotatable bonds is 5. The van der Waals surface area contributed by atoms with Gasteiger partial charge in [-0.05, 0) is 43.2 Å². The van der Waals surface area contributed by atoms with Crippen molar-refractivity contribution in [2.24, 2.45) is 0 Å². The standard InChI is InChI=1S/C24H25N7O/c25-17-4-3-5-18(14-17)31-22(16-8-9-16)27-20-15-26-24(29-23(20)31)28-19-6-1-2-7-21(19)30-10-12-32-13-11-30/h1-7,14-16H,8-13,25H2,(H,26,28,29). The second kappa shape index (κ2) is 7.80. The van der Waals surface area contributed by atoms with E-state index in [1.165, 1.54) is 0 Å². The SMILES string of the molecule is Nc1cccc(-n2c(C3CC3)nc3cnc(Nc4ccccc4N4CCOCC4)nc32)c1. The maximum Gasteiger partial charge on any atom is 0.229 e. The van der Waals surface area contributed by atoms with Gasteiger partial charge in [0.25, 0.3) is 0 Å². The third-order valence-corrected chi connectivity index (χ3v) is 6.00. The molecule has 1 aliphatic heterocycles. The molecule has 0 unspecified atom stereocenters. The van der Waals surface area contributed by atoms with Crippen molar-refractivity contribution in [2.75, 3.05) is 42.3 Å². The normalized spacial score (nSPS) is 16.4. The Bertz CT molecular complexity index is 1270. The third-order valence-electron chi connectivity index (χ3n) is 6.00. The van der Waals surface area contributed by atoms with Crippen LogP contribution in [-0.4, -0.2) is 45.8 Å². The zero-order valence-electron chi connectivity index (χ0n) is 17.7. The molecule has 3 N–H and O–H groups in total. The molecular weight excluding hydrogens is 402 g/mol. The highest BCUT2D eigenvalue weighted by molar-refractivity contribution is 5.78. The van der Waals surface area contributed by atoms with E-state index in [0.717, 1.165) is 78.9 Å². The van der Waals surface area contributed by atoms with Crippen molar-refractivity contribution < 1.29 is 4.74 Å². The number of anilines is 4. The predicted molar refractivity (Wildman–Crippen MR) is 126 cm³/mol. The largest absolute Gasteiger partial charge is 0.399 e. The summed E-state index contributed by atoms with van der Waals surface area (Å²) in [6, 6.07) is 16.1. The monoisotopic (exact) mass is 427 g/mol. The van der Waals surface area contributed by atoms with E-state index in [-0.39, 0.29) is 0 Å². The van der Waals surface area contributed by atoms with Gasteiger partial charge in [0.1, 0.15) is 11.3 Å². The average molecular weight is 428 g/mol. The number of imidazole rings is 1. The molecule has 8 nitrogen and oxygen atoms in total. The van der Waals surface area contributed by atoms with E-state index in [4.69, 9.17) is 20.4 Å². The molecule has 4 aromatic rings. The van der Waals surface area contributed by atoms with Gasteiger partial charge in [-0.1, -0.05) is 18.2 Å². The fourth-order valence-corrected chi connectivity index (χ4v) is 4.27. The predicted octanol–water partition coefficient (Wildman–Crippen LogP) is 3.86. The van der Waals surface area contributed by atoms with Gasteiger partial charge in [-0.3, -0.25) is 4.57 Å². The Morgan fingerprint density at radius 3 is 2.66 bits per heavy atom. The van der Waals surface area contributed by atoms with Gasteiger partial charge in [0.2, 0.25) is 5.95 Å². The number of nitrogens with zero attached hydrogens (tertiary/aromatic N) is 5. The van der Waals surface area contributed by atoms with Crippen LogP contribution in [-0.2, 0) is 4.74 Å². The van der Waals surface area contributed by atoms with Crippen LogP contribution >= 0.6 is 0 Å². The second-order valence-electron chi connectivity index (χ2n) is 8.32. The Hall–Kier alpha value is -3.65. The molecule has 32 heavy (non-hydrogen) atoms. The lowest BCUT2D eigenvalue weighted by atomic mass is 10.2. The summed E-state index contributed by atoms with van der Waals surface area (Å²) in [7, 11) is 0. The van der Waals surface area contributed by atoms with Crippen molar-refractivity contribution in [3.05, 3.63) is 60.6 Å². The summed E-state index contributed by atoms with van der Waals surface area (Å²) in [6.45, 7) is 3.21. The second-order valence-corrected chi connectivity index (χ2v) is 8.32. The number of nitrogen functional groups attached to an aromatic ring is 1. The number of morpholine rings is 1. The number of hydrogen-bond acceptors (Lipinski definition) is 7. The summed E-state index contributed by atoms with van der Waals surface area (Å²) < 4.78 is 7.64. The van der Waals surface area contributed by atoms with E-state index in [9.17, 15) is 0 Å². The third kappa shape index (κ3) is 3.52. The van der Waals surface area contributed by atoms with Crippen LogP contribution in [0.25, 0.3) is 16.9 Å². The summed E-state index contributed by atoms with van der Waals surface area (Å²) in [5, 5.41) is 3.44. The van der Waals surface area contributed by atoms with E-state index in [1.807, 2.05) is 30.3 Å². The smallest absolute Gasteiger partial charge is 0.229 e. The highest BCUT2D eigenvalue weighted by atomic mass is 16.5. The fourth-order valence-electron chi connectivity index (χ4n) is 4.27. The zero-order chi connectivity index (χ0) is 21.5. The number of fused-ring (bicyclic) bond motifs is 1. The van der Waals surface area contributed by atoms with Gasteiger partial charge in [-0.25, -0.2) is 9.97 Å². The first-order valence-corrected chi connectivity index (χ1v) is 11.1. The molecule has 0 atom stereocenters. The van der Waals surface area contributed by atoms with Crippen LogP contribution in [0.1, 0.15) is 24.6 Å². The molecular formula is C24H25N7O. The Morgan fingerprint density at radius 2 is 1.84 bits per heavy atom. The first-order chi connectivity index (χ1) is 15.8. The topological polar surface area (TPSA) is 94.1 Å². The highest BCUT2D eigenvalue weighted by Crippen LogP contribution is 2.41. The van der Waals surface area contributed by atoms with Crippen molar-refractivity contribution in [3.63, 3.8) is 0 Å². The lowest BCUT2D eigenvalue weighted by molar-refractivity contribution is 0.123. The first kappa shape index (κ1) is 19.1. The number of nitrogens with two attached hydrogens (primary N) is 1. The lowest BCUT2D eigenvalue weighted by Crippen LogP contribution is -2.36. The number of para-hydroxylation sites is 2. The average Bonchev–Trinajstić information content (AvgIpc) is 3.60. The fraction of sp³-hybridized carbons (Fsp3) is 0.292. The van der Waals surface area contributed by atoms with Gasteiger partial charge < -0.3 is 20.7 Å². The number of hydrogen-bond donors (Lipinski definition) is 2. The summed E-state index contributed by atoms with van der Waals surface area (Å²) in [6.07, 6.45) is 4.10. The van der Waals surface area contributed by atoms with Gasteiger partial charge in [0.05, 0.1) is 36.5 Å². The van der Waals surface area contributed by atoms with Crippen LogP contribution in [0.15, 0.2) is 54.7 Å². The molecule has 8 heteroatoms. The summed E-state index contributed by atoms with van der Waals surface area (Å²) in [4.78, 5) is 16.6. The number of ether oxygens (including phenoxy) is 1. The Balaban J connectivity index is 1.41. The molecule has 3 heterocycles. The van der Waals surface area contributed by atoms with Crippen LogP contribution in [0, 0.1) is 0 Å². The molecule has 6 rings (SSSR count). The maximum absolute atomic E-state index is 6.08. The Morgan fingerprint density at radius 1 is 1.00 bits per heavy atom. The van der Waals surface area contributed by atoms with Gasteiger partial charge in [-0.15, -0.1) is 0 Å². The van der Waals surface area contributed by atoms with E-state index in [1.54, 1.807) is 6.20 Å². The van der Waals surface area contributed by atoms with Crippen molar-refractivity contribution >= 4 is 34.2 Å². The number of aromatic nitrogens is 4. The Labute approximate surface area is 186 Å². The van der Waals surface area contributed by atoms with Gasteiger partial charge in [0, 0.05) is 24.7 Å². The minimum atomic E-state index is 0.462. The lowest BCUT2D eigenvalue weighted by Gasteiger charge is -2.30. The van der Waals surface area contributed by atoms with Crippen molar-refractivity contribution in [3.8, 4) is 5.69 Å². The molecule has 0 amide bonds. The van der Waals surface area contributed by atoms with Gasteiger partial charge in [-0.2, -0.15) is 4.98 Å². The molecule has 1 saturated heterocycles. The molecule has 1 aliphatic carbocycles. The minimum absolute atomic E-state index is 0.462. The molecule has 2 aromatic heterocycles. The van der Waals surface area contributed by atoms with Crippen LogP contribution in [0.4, 0.5) is 23.0 Å². The van der Waals surface area contributed by atoms with Crippen molar-refractivity contribution in [1.29, 1.82) is 0 Å². The van der Waals surface area contributed by atoms with Crippen molar-refractivity contribution in [2.45, 2.75) is 18.8 Å². The molecule has 0 spiro atoms. The van der Waals surface area contributed by atoms with E-state index in [2.05, 4.69) is 38.0 Å². The molecule has 162 valence electrons. The molecule has 2 fully saturated rings. The first-order valence-electron chi connectivity index (χ1n) is 11.1. The molecule has 1 saturated carbocycles. The van der Waals surface area contributed by atoms with Gasteiger partial charge in [0.15, 0.2) is 5.65 Å². The molecule has 2 aromatic carbocycles. The zero-order valence-corrected chi connectivity index (χ0v) is 17.7. The molecule has 2 aliphatic rings. The quantitative estimate of drug-likeness (QED) is 0.467.